The maximum absolute atomic E-state index is 6.52. The molecule has 6 rings (SSSR count). The zero-order valence-corrected chi connectivity index (χ0v) is 15.8. The van der Waals surface area contributed by atoms with Crippen molar-refractivity contribution in [2.45, 2.75) is 0 Å². The van der Waals surface area contributed by atoms with E-state index in [1.807, 2.05) is 35.6 Å². The molecule has 1 nitrogen and oxygen atoms in total. The first-order valence-electron chi connectivity index (χ1n) is 8.81. The minimum absolute atomic E-state index is 0.738. The van der Waals surface area contributed by atoms with Gasteiger partial charge in [0.25, 0.3) is 0 Å². The van der Waals surface area contributed by atoms with E-state index < -0.39 is 0 Å². The van der Waals surface area contributed by atoms with Gasteiger partial charge >= 0.3 is 0 Å². The first-order chi connectivity index (χ1) is 13.3. The van der Waals surface area contributed by atoms with E-state index >= 15 is 0 Å². The van der Waals surface area contributed by atoms with E-state index in [-0.39, 0.29) is 0 Å². The first-order valence-corrected chi connectivity index (χ1v) is 10.0. The highest BCUT2D eigenvalue weighted by molar-refractivity contribution is 7.26. The predicted molar refractivity (Wildman–Crippen MR) is 117 cm³/mol. The van der Waals surface area contributed by atoms with Crippen molar-refractivity contribution >= 4 is 65.0 Å². The Morgan fingerprint density at radius 3 is 2.30 bits per heavy atom. The van der Waals surface area contributed by atoms with Crippen LogP contribution in [0.25, 0.3) is 53.2 Å². The van der Waals surface area contributed by atoms with Gasteiger partial charge in [-0.3, -0.25) is 0 Å². The summed E-state index contributed by atoms with van der Waals surface area (Å²) in [4.78, 5) is 0. The van der Waals surface area contributed by atoms with Crippen molar-refractivity contribution in [2.75, 3.05) is 0 Å². The normalized spacial score (nSPS) is 11.9. The van der Waals surface area contributed by atoms with E-state index in [4.69, 9.17) is 16.0 Å². The second kappa shape index (κ2) is 5.59. The second-order valence-electron chi connectivity index (χ2n) is 6.70. The Morgan fingerprint density at radius 2 is 1.41 bits per heavy atom. The van der Waals surface area contributed by atoms with Gasteiger partial charge in [0.15, 0.2) is 0 Å². The van der Waals surface area contributed by atoms with Crippen molar-refractivity contribution in [2.24, 2.45) is 0 Å². The molecule has 0 aliphatic heterocycles. The largest absolute Gasteiger partial charge is 0.455 e. The molecule has 27 heavy (non-hydrogen) atoms. The summed E-state index contributed by atoms with van der Waals surface area (Å²) >= 11 is 7.88. The van der Waals surface area contributed by atoms with Crippen molar-refractivity contribution in [1.82, 2.24) is 0 Å². The lowest BCUT2D eigenvalue weighted by molar-refractivity contribution is 0.674. The van der Waals surface area contributed by atoms with Gasteiger partial charge in [0.2, 0.25) is 0 Å². The van der Waals surface area contributed by atoms with E-state index in [2.05, 4.69) is 54.6 Å². The lowest BCUT2D eigenvalue weighted by Gasteiger charge is -2.02. The molecule has 128 valence electrons. The van der Waals surface area contributed by atoms with Crippen LogP contribution in [0.1, 0.15) is 0 Å². The molecule has 3 heteroatoms. The van der Waals surface area contributed by atoms with Gasteiger partial charge in [0, 0.05) is 41.5 Å². The van der Waals surface area contributed by atoms with E-state index in [1.165, 1.54) is 20.2 Å². The first kappa shape index (κ1) is 15.3. The van der Waals surface area contributed by atoms with Gasteiger partial charge < -0.3 is 4.42 Å². The molecule has 0 bridgehead atoms. The molecule has 0 radical (unpaired) electrons. The Kier molecular flexibility index (Phi) is 3.16. The topological polar surface area (TPSA) is 13.1 Å². The van der Waals surface area contributed by atoms with E-state index in [1.54, 1.807) is 0 Å². The van der Waals surface area contributed by atoms with Gasteiger partial charge in [0.1, 0.15) is 11.2 Å². The molecule has 0 saturated heterocycles. The third-order valence-corrected chi connectivity index (χ3v) is 6.55. The molecule has 0 spiro atoms. The molecule has 0 aliphatic rings. The van der Waals surface area contributed by atoms with Crippen LogP contribution in [-0.2, 0) is 0 Å². The summed E-state index contributed by atoms with van der Waals surface area (Å²) in [5.74, 6) is 0. The summed E-state index contributed by atoms with van der Waals surface area (Å²) in [6.45, 7) is 0. The Balaban J connectivity index is 1.77. The molecule has 0 atom stereocenters. The molecule has 0 N–H and O–H groups in total. The van der Waals surface area contributed by atoms with Gasteiger partial charge in [-0.25, -0.2) is 0 Å². The van der Waals surface area contributed by atoms with Crippen LogP contribution < -0.4 is 0 Å². The Hall–Kier alpha value is -2.81. The van der Waals surface area contributed by atoms with Crippen molar-refractivity contribution in [3.63, 3.8) is 0 Å². The van der Waals surface area contributed by atoms with Gasteiger partial charge in [-0.2, -0.15) is 0 Å². The predicted octanol–water partition coefficient (Wildman–Crippen LogP) is 8.27. The van der Waals surface area contributed by atoms with Crippen molar-refractivity contribution in [3.05, 3.63) is 83.9 Å². The molecule has 0 aliphatic carbocycles. The Labute approximate surface area is 164 Å². The molecule has 4 aromatic carbocycles. The van der Waals surface area contributed by atoms with Crippen molar-refractivity contribution in [3.8, 4) is 11.1 Å². The van der Waals surface area contributed by atoms with Crippen LogP contribution in [0.5, 0.6) is 0 Å². The molecule has 0 unspecified atom stereocenters. The number of hydrogen-bond donors (Lipinski definition) is 0. The number of rotatable bonds is 1. The van der Waals surface area contributed by atoms with Gasteiger partial charge in [-0.1, -0.05) is 60.1 Å². The van der Waals surface area contributed by atoms with Crippen LogP contribution in [0, 0.1) is 0 Å². The fourth-order valence-corrected chi connectivity index (χ4v) is 5.15. The SMILES string of the molecule is Clc1ccc(-c2cccc3c2oc2c3ccc3sc4ccccc4c32)cc1. The van der Waals surface area contributed by atoms with E-state index in [0.717, 1.165) is 38.1 Å². The third-order valence-electron chi connectivity index (χ3n) is 5.16. The molecule has 0 saturated carbocycles. The van der Waals surface area contributed by atoms with Crippen molar-refractivity contribution < 1.29 is 4.42 Å². The molecular weight excluding hydrogens is 372 g/mol. The zero-order chi connectivity index (χ0) is 18.0. The van der Waals surface area contributed by atoms with Gasteiger partial charge in [-0.15, -0.1) is 11.3 Å². The molecule has 0 fully saturated rings. The van der Waals surface area contributed by atoms with E-state index in [0.29, 0.717) is 0 Å². The smallest absolute Gasteiger partial charge is 0.144 e. The molecule has 0 amide bonds. The zero-order valence-electron chi connectivity index (χ0n) is 14.2. The maximum Gasteiger partial charge on any atom is 0.144 e. The summed E-state index contributed by atoms with van der Waals surface area (Å²) in [5.41, 5.74) is 4.10. The molecule has 2 aromatic heterocycles. The average molecular weight is 385 g/mol. The number of benzene rings is 4. The summed E-state index contributed by atoms with van der Waals surface area (Å²) in [6.07, 6.45) is 0. The van der Waals surface area contributed by atoms with Gasteiger partial charge in [0.05, 0.1) is 0 Å². The quantitative estimate of drug-likeness (QED) is 0.278. The fourth-order valence-electron chi connectivity index (χ4n) is 3.92. The minimum Gasteiger partial charge on any atom is -0.455 e. The summed E-state index contributed by atoms with van der Waals surface area (Å²) in [6, 6.07) is 27.2. The second-order valence-corrected chi connectivity index (χ2v) is 8.23. The van der Waals surface area contributed by atoms with Crippen LogP contribution in [-0.4, -0.2) is 0 Å². The Bertz CT molecular complexity index is 1470. The van der Waals surface area contributed by atoms with Crippen LogP contribution in [0.15, 0.2) is 83.3 Å². The lowest BCUT2D eigenvalue weighted by atomic mass is 10.0. The number of thiophene rings is 1. The standard InChI is InChI=1S/C24H13ClOS/c25-15-10-8-14(9-11-15)16-5-3-6-17-18-12-13-21-22(24(18)26-23(16)17)19-4-1-2-7-20(19)27-21/h1-13H. The van der Waals surface area contributed by atoms with Crippen LogP contribution in [0.3, 0.4) is 0 Å². The van der Waals surface area contributed by atoms with Crippen LogP contribution in [0.2, 0.25) is 5.02 Å². The lowest BCUT2D eigenvalue weighted by Crippen LogP contribution is -1.78. The Morgan fingerprint density at radius 1 is 0.630 bits per heavy atom. The maximum atomic E-state index is 6.52. The molecule has 6 aromatic rings. The number of para-hydroxylation sites is 1. The van der Waals surface area contributed by atoms with Gasteiger partial charge in [-0.05, 0) is 35.9 Å². The number of furan rings is 1. The van der Waals surface area contributed by atoms with Crippen LogP contribution >= 0.6 is 22.9 Å². The summed E-state index contributed by atoms with van der Waals surface area (Å²) in [7, 11) is 0. The highest BCUT2D eigenvalue weighted by atomic mass is 35.5. The van der Waals surface area contributed by atoms with E-state index in [9.17, 15) is 0 Å². The number of halogens is 1. The summed E-state index contributed by atoms with van der Waals surface area (Å²) < 4.78 is 9.07. The molecule has 2 heterocycles. The number of hydrogen-bond acceptors (Lipinski definition) is 2. The monoisotopic (exact) mass is 384 g/mol. The highest BCUT2D eigenvalue weighted by Gasteiger charge is 2.16. The highest BCUT2D eigenvalue weighted by Crippen LogP contribution is 2.43. The fraction of sp³-hybridized carbons (Fsp3) is 0. The van der Waals surface area contributed by atoms with Crippen LogP contribution in [0.4, 0.5) is 0 Å². The average Bonchev–Trinajstić information content (AvgIpc) is 3.26. The third kappa shape index (κ3) is 2.18. The van der Waals surface area contributed by atoms with Crippen molar-refractivity contribution in [1.29, 1.82) is 0 Å². The summed E-state index contributed by atoms with van der Waals surface area (Å²) in [5, 5.41) is 5.52. The molecular formula is C24H13ClOS. The number of fused-ring (bicyclic) bond motifs is 7. The minimum atomic E-state index is 0.738.